The maximum absolute atomic E-state index is 8.73. The highest BCUT2D eigenvalue weighted by molar-refractivity contribution is 5.85. The van der Waals surface area contributed by atoms with Crippen LogP contribution in [0.5, 0.6) is 0 Å². The summed E-state index contributed by atoms with van der Waals surface area (Å²) in [5, 5.41) is 8.73. The Balaban J connectivity index is 0.00000121. The lowest BCUT2D eigenvalue weighted by molar-refractivity contribution is 0.392. The second kappa shape index (κ2) is 4.27. The van der Waals surface area contributed by atoms with Gasteiger partial charge in [0, 0.05) is 0 Å². The van der Waals surface area contributed by atoms with Gasteiger partial charge in [0.2, 0.25) is 0 Å². The van der Waals surface area contributed by atoms with Gasteiger partial charge < -0.3 is 0 Å². The molecule has 3 nitrogen and oxygen atoms in total. The van der Waals surface area contributed by atoms with Crippen molar-refractivity contribution in [3.8, 4) is 6.07 Å². The molecule has 1 rings (SSSR count). The molecule has 1 aliphatic carbocycles. The van der Waals surface area contributed by atoms with Crippen molar-refractivity contribution in [3.05, 3.63) is 24.3 Å². The summed E-state index contributed by atoms with van der Waals surface area (Å²) in [4.78, 5) is 0. The summed E-state index contributed by atoms with van der Waals surface area (Å²) in [6, 6.07) is 2.16. The second-order valence-corrected chi connectivity index (χ2v) is 2.78. The minimum atomic E-state index is -0.413. The van der Waals surface area contributed by atoms with Gasteiger partial charge in [-0.05, 0) is 6.92 Å². The Kier molecular flexibility index (Phi) is 3.98. The third-order valence-electron chi connectivity index (χ3n) is 1.95. The average molecular weight is 186 g/mol. The van der Waals surface area contributed by atoms with Crippen LogP contribution in [0.1, 0.15) is 6.92 Å². The number of allylic oxidation sites excluding steroid dienone is 2. The van der Waals surface area contributed by atoms with Crippen molar-refractivity contribution in [2.75, 3.05) is 0 Å². The van der Waals surface area contributed by atoms with Crippen molar-refractivity contribution in [1.29, 1.82) is 5.26 Å². The summed E-state index contributed by atoms with van der Waals surface area (Å²) in [6.45, 7) is 1.89. The van der Waals surface area contributed by atoms with E-state index in [-0.39, 0.29) is 18.3 Å². The van der Waals surface area contributed by atoms with Gasteiger partial charge in [0.1, 0.15) is 0 Å². The SMILES string of the molecule is CC1(NN)C=CC=CC1C#N.Cl. The first-order valence-corrected chi connectivity index (χ1v) is 3.46. The van der Waals surface area contributed by atoms with Crippen LogP contribution in [0.3, 0.4) is 0 Å². The van der Waals surface area contributed by atoms with E-state index in [1.807, 2.05) is 31.2 Å². The zero-order valence-corrected chi connectivity index (χ0v) is 7.64. The van der Waals surface area contributed by atoms with E-state index in [1.54, 1.807) is 0 Å². The van der Waals surface area contributed by atoms with Crippen LogP contribution >= 0.6 is 12.4 Å². The predicted molar refractivity (Wildman–Crippen MR) is 50.4 cm³/mol. The van der Waals surface area contributed by atoms with Gasteiger partial charge in [0.25, 0.3) is 0 Å². The highest BCUT2D eigenvalue weighted by atomic mass is 35.5. The number of hydrogen-bond acceptors (Lipinski definition) is 3. The number of rotatable bonds is 1. The van der Waals surface area contributed by atoms with Crippen LogP contribution in [0.25, 0.3) is 0 Å². The van der Waals surface area contributed by atoms with Crippen LogP contribution in [0.4, 0.5) is 0 Å². The van der Waals surface area contributed by atoms with E-state index < -0.39 is 5.54 Å². The van der Waals surface area contributed by atoms with Crippen molar-refractivity contribution >= 4 is 12.4 Å². The maximum Gasteiger partial charge on any atom is 0.0874 e. The average Bonchev–Trinajstić information content (AvgIpc) is 2.05. The Bertz CT molecular complexity index is 241. The molecule has 0 fully saturated rings. The largest absolute Gasteiger partial charge is 0.271 e. The number of hydrazine groups is 1. The topological polar surface area (TPSA) is 61.8 Å². The third-order valence-corrected chi connectivity index (χ3v) is 1.95. The van der Waals surface area contributed by atoms with Crippen LogP contribution in [-0.2, 0) is 0 Å². The van der Waals surface area contributed by atoms with Crippen LogP contribution in [-0.4, -0.2) is 5.54 Å². The smallest absolute Gasteiger partial charge is 0.0874 e. The van der Waals surface area contributed by atoms with Crippen molar-refractivity contribution < 1.29 is 0 Å². The van der Waals surface area contributed by atoms with Crippen molar-refractivity contribution in [2.45, 2.75) is 12.5 Å². The van der Waals surface area contributed by atoms with Crippen LogP contribution in [0, 0.1) is 17.2 Å². The Morgan fingerprint density at radius 2 is 2.25 bits per heavy atom. The van der Waals surface area contributed by atoms with Gasteiger partial charge >= 0.3 is 0 Å². The highest BCUT2D eigenvalue weighted by Crippen LogP contribution is 2.22. The molecule has 0 saturated heterocycles. The summed E-state index contributed by atoms with van der Waals surface area (Å²) in [5.41, 5.74) is 2.21. The number of nitriles is 1. The molecule has 0 spiro atoms. The van der Waals surface area contributed by atoms with Gasteiger partial charge in [-0.25, -0.2) is 5.43 Å². The fourth-order valence-electron chi connectivity index (χ4n) is 1.05. The molecule has 0 bridgehead atoms. The van der Waals surface area contributed by atoms with E-state index in [9.17, 15) is 0 Å². The zero-order chi connectivity index (χ0) is 8.32. The van der Waals surface area contributed by atoms with Gasteiger partial charge in [-0.2, -0.15) is 5.26 Å². The molecule has 0 amide bonds. The van der Waals surface area contributed by atoms with Gasteiger partial charge in [-0.15, -0.1) is 12.4 Å². The maximum atomic E-state index is 8.73. The molecule has 3 N–H and O–H groups in total. The summed E-state index contributed by atoms with van der Waals surface area (Å²) in [6.07, 6.45) is 7.46. The Labute approximate surface area is 78.3 Å². The zero-order valence-electron chi connectivity index (χ0n) is 6.82. The molecule has 4 heteroatoms. The molecule has 12 heavy (non-hydrogen) atoms. The van der Waals surface area contributed by atoms with E-state index in [0.29, 0.717) is 0 Å². The fraction of sp³-hybridized carbons (Fsp3) is 0.375. The van der Waals surface area contributed by atoms with Crippen molar-refractivity contribution in [2.24, 2.45) is 11.8 Å². The summed E-state index contributed by atoms with van der Waals surface area (Å²) in [7, 11) is 0. The minimum Gasteiger partial charge on any atom is -0.271 e. The lowest BCUT2D eigenvalue weighted by Gasteiger charge is -2.29. The van der Waals surface area contributed by atoms with E-state index in [2.05, 4.69) is 11.5 Å². The molecule has 1 aliphatic rings. The number of nitrogens with one attached hydrogen (secondary N) is 1. The van der Waals surface area contributed by atoms with E-state index in [0.717, 1.165) is 0 Å². The van der Waals surface area contributed by atoms with Crippen LogP contribution < -0.4 is 11.3 Å². The summed E-state index contributed by atoms with van der Waals surface area (Å²) in [5.74, 6) is 5.13. The molecule has 2 atom stereocenters. The standard InChI is InChI=1S/C8H11N3.ClH/c1-8(11-10)5-3-2-4-7(8)6-9;/h2-5,7,11H,10H2,1H3;1H. The molecule has 0 aromatic heterocycles. The van der Waals surface area contributed by atoms with Crippen molar-refractivity contribution in [1.82, 2.24) is 5.43 Å². The molecular formula is C8H12ClN3. The molecule has 0 radical (unpaired) electrons. The highest BCUT2D eigenvalue weighted by Gasteiger charge is 2.29. The first kappa shape index (κ1) is 11.2. The molecule has 0 aliphatic heterocycles. The lowest BCUT2D eigenvalue weighted by Crippen LogP contribution is -2.50. The van der Waals surface area contributed by atoms with E-state index in [1.165, 1.54) is 0 Å². The third kappa shape index (κ3) is 1.86. The van der Waals surface area contributed by atoms with Gasteiger partial charge in [0.05, 0.1) is 17.5 Å². The lowest BCUT2D eigenvalue weighted by atomic mass is 9.84. The van der Waals surface area contributed by atoms with Gasteiger partial charge in [-0.3, -0.25) is 5.84 Å². The Morgan fingerprint density at radius 3 is 2.67 bits per heavy atom. The Morgan fingerprint density at radius 1 is 1.58 bits per heavy atom. The number of nitrogens with zero attached hydrogens (tertiary/aromatic N) is 1. The minimum absolute atomic E-state index is 0. The first-order valence-electron chi connectivity index (χ1n) is 3.46. The monoisotopic (exact) mass is 185 g/mol. The van der Waals surface area contributed by atoms with E-state index in [4.69, 9.17) is 11.1 Å². The summed E-state index contributed by atoms with van der Waals surface area (Å²) < 4.78 is 0. The Hall–Kier alpha value is -0.820. The van der Waals surface area contributed by atoms with Gasteiger partial charge in [0.15, 0.2) is 0 Å². The van der Waals surface area contributed by atoms with E-state index >= 15 is 0 Å². The first-order chi connectivity index (χ1) is 5.23. The fourth-order valence-corrected chi connectivity index (χ4v) is 1.05. The quantitative estimate of drug-likeness (QED) is 0.471. The molecule has 66 valence electrons. The van der Waals surface area contributed by atoms with Gasteiger partial charge in [-0.1, -0.05) is 24.3 Å². The molecule has 0 aromatic rings. The van der Waals surface area contributed by atoms with Crippen LogP contribution in [0.2, 0.25) is 0 Å². The molecule has 0 saturated carbocycles. The second-order valence-electron chi connectivity index (χ2n) is 2.78. The van der Waals surface area contributed by atoms with Crippen molar-refractivity contribution in [3.63, 3.8) is 0 Å². The molecule has 2 unspecified atom stereocenters. The molecular weight excluding hydrogens is 174 g/mol. The number of nitrogens with two attached hydrogens (primary N) is 1. The van der Waals surface area contributed by atoms with Crippen LogP contribution in [0.15, 0.2) is 24.3 Å². The summed E-state index contributed by atoms with van der Waals surface area (Å²) >= 11 is 0. The number of hydrogen-bond donors (Lipinski definition) is 2. The predicted octanol–water partition coefficient (Wildman–Crippen LogP) is 0.896. The number of halogens is 1. The molecule has 0 heterocycles. The normalized spacial score (nSPS) is 32.2. The molecule has 0 aromatic carbocycles.